The quantitative estimate of drug-likeness (QED) is 0.632. The Labute approximate surface area is 138 Å². The molecule has 2 aromatic heterocycles. The Morgan fingerprint density at radius 3 is 2.33 bits per heavy atom. The molecule has 0 aliphatic rings. The molecule has 0 spiro atoms. The van der Waals surface area contributed by atoms with E-state index in [4.69, 9.17) is 0 Å². The Bertz CT molecular complexity index is 1050. The zero-order chi connectivity index (χ0) is 16.5. The van der Waals surface area contributed by atoms with E-state index in [9.17, 15) is 9.90 Å². The summed E-state index contributed by atoms with van der Waals surface area (Å²) in [6.45, 7) is 0.412. The average molecular weight is 317 g/mol. The summed E-state index contributed by atoms with van der Waals surface area (Å²) in [6.07, 6.45) is 1.58. The number of fused-ring (bicyclic) bond motifs is 1. The van der Waals surface area contributed by atoms with Gasteiger partial charge >= 0.3 is 0 Å². The number of nitrogens with zero attached hydrogens (tertiary/aromatic N) is 3. The van der Waals surface area contributed by atoms with Crippen molar-refractivity contribution in [2.24, 2.45) is 0 Å². The molecule has 1 N–H and O–H groups in total. The lowest BCUT2D eigenvalue weighted by molar-refractivity contribution is 0.479. The molecule has 5 heteroatoms. The lowest BCUT2D eigenvalue weighted by Crippen LogP contribution is -2.22. The number of rotatable bonds is 3. The second-order valence-corrected chi connectivity index (χ2v) is 5.57. The number of pyridine rings is 1. The fraction of sp³-hybridized carbons (Fsp3) is 0.0526. The van der Waals surface area contributed by atoms with Crippen molar-refractivity contribution in [2.45, 2.75) is 6.54 Å². The Morgan fingerprint density at radius 2 is 1.62 bits per heavy atom. The van der Waals surface area contributed by atoms with Crippen molar-refractivity contribution in [3.63, 3.8) is 0 Å². The van der Waals surface area contributed by atoms with Crippen LogP contribution in [0.5, 0.6) is 5.75 Å². The maximum atomic E-state index is 12.5. The minimum absolute atomic E-state index is 0.0542. The van der Waals surface area contributed by atoms with Crippen molar-refractivity contribution in [1.82, 2.24) is 14.3 Å². The average Bonchev–Trinajstić information content (AvgIpc) is 3.06. The van der Waals surface area contributed by atoms with Crippen LogP contribution in [-0.2, 0) is 6.54 Å². The van der Waals surface area contributed by atoms with Crippen LogP contribution in [0, 0.1) is 0 Å². The van der Waals surface area contributed by atoms with Crippen molar-refractivity contribution in [3.8, 4) is 11.4 Å². The van der Waals surface area contributed by atoms with E-state index in [-0.39, 0.29) is 11.3 Å². The highest BCUT2D eigenvalue weighted by molar-refractivity contribution is 5.83. The second-order valence-electron chi connectivity index (χ2n) is 5.57. The van der Waals surface area contributed by atoms with Crippen LogP contribution in [0.15, 0.2) is 77.7 Å². The van der Waals surface area contributed by atoms with Crippen molar-refractivity contribution in [1.29, 1.82) is 0 Å². The molecule has 118 valence electrons. The van der Waals surface area contributed by atoms with Gasteiger partial charge in [-0.2, -0.15) is 5.10 Å². The smallest absolute Gasteiger partial charge is 0.256 e. The highest BCUT2D eigenvalue weighted by Gasteiger charge is 2.15. The van der Waals surface area contributed by atoms with Gasteiger partial charge in [0.15, 0.2) is 5.65 Å². The highest BCUT2D eigenvalue weighted by Crippen LogP contribution is 2.25. The number of aromatic hydroxyl groups is 1. The first kappa shape index (κ1) is 14.3. The summed E-state index contributed by atoms with van der Waals surface area (Å²) in [5.74, 6) is -0.0542. The lowest BCUT2D eigenvalue weighted by Gasteiger charge is -2.12. The van der Waals surface area contributed by atoms with Gasteiger partial charge in [-0.3, -0.25) is 9.36 Å². The Hall–Kier alpha value is -3.34. The molecule has 2 heterocycles. The lowest BCUT2D eigenvalue weighted by atomic mass is 10.2. The third-order valence-corrected chi connectivity index (χ3v) is 3.99. The van der Waals surface area contributed by atoms with Gasteiger partial charge in [-0.15, -0.1) is 0 Å². The molecule has 24 heavy (non-hydrogen) atoms. The van der Waals surface area contributed by atoms with E-state index in [0.717, 1.165) is 11.3 Å². The number of hydrogen-bond donors (Lipinski definition) is 1. The SMILES string of the molecule is O=c1cc(O)c2cnn(-c3ccccc3)c2n1Cc1ccccc1. The van der Waals surface area contributed by atoms with Crippen LogP contribution in [-0.4, -0.2) is 19.5 Å². The van der Waals surface area contributed by atoms with Gasteiger partial charge in [-0.25, -0.2) is 4.68 Å². The molecule has 0 fully saturated rings. The van der Waals surface area contributed by atoms with Crippen LogP contribution in [0.3, 0.4) is 0 Å². The van der Waals surface area contributed by atoms with E-state index in [2.05, 4.69) is 5.10 Å². The Kier molecular flexibility index (Phi) is 3.39. The highest BCUT2D eigenvalue weighted by atomic mass is 16.3. The number of para-hydroxylation sites is 1. The molecule has 0 atom stereocenters. The second kappa shape index (κ2) is 5.70. The molecule has 2 aromatic carbocycles. The molecule has 0 bridgehead atoms. The maximum absolute atomic E-state index is 12.5. The Balaban J connectivity index is 1.98. The minimum atomic E-state index is -0.262. The standard InChI is InChI=1S/C19H15N3O2/c23-17-11-18(24)21(13-14-7-3-1-4-8-14)19-16(17)12-20-22(19)15-9-5-2-6-10-15/h1-12,23H,13H2. The monoisotopic (exact) mass is 317 g/mol. The van der Waals surface area contributed by atoms with Crippen LogP contribution >= 0.6 is 0 Å². The normalized spacial score (nSPS) is 11.0. The topological polar surface area (TPSA) is 60.0 Å². The molecule has 4 rings (SSSR count). The van der Waals surface area contributed by atoms with E-state index in [1.807, 2.05) is 60.7 Å². The summed E-state index contributed by atoms with van der Waals surface area (Å²) in [6, 6.07) is 20.5. The van der Waals surface area contributed by atoms with Gasteiger partial charge in [0.25, 0.3) is 5.56 Å². The van der Waals surface area contributed by atoms with Gasteiger partial charge in [0.1, 0.15) is 5.75 Å². The predicted molar refractivity (Wildman–Crippen MR) is 92.5 cm³/mol. The van der Waals surface area contributed by atoms with Gasteiger partial charge in [-0.05, 0) is 17.7 Å². The minimum Gasteiger partial charge on any atom is -0.507 e. The molecule has 0 saturated heterocycles. The molecule has 0 saturated carbocycles. The number of hydrogen-bond acceptors (Lipinski definition) is 3. The van der Waals surface area contributed by atoms with Crippen LogP contribution in [0.4, 0.5) is 0 Å². The first-order valence-electron chi connectivity index (χ1n) is 7.64. The first-order chi connectivity index (χ1) is 11.7. The van der Waals surface area contributed by atoms with E-state index >= 15 is 0 Å². The van der Waals surface area contributed by atoms with Crippen LogP contribution < -0.4 is 5.56 Å². The summed E-state index contributed by atoms with van der Waals surface area (Å²) in [7, 11) is 0. The number of aromatic nitrogens is 3. The van der Waals surface area contributed by atoms with Crippen molar-refractivity contribution in [2.75, 3.05) is 0 Å². The fourth-order valence-electron chi connectivity index (χ4n) is 2.84. The van der Waals surface area contributed by atoms with E-state index < -0.39 is 0 Å². The third-order valence-electron chi connectivity index (χ3n) is 3.99. The summed E-state index contributed by atoms with van der Waals surface area (Å²) < 4.78 is 3.31. The van der Waals surface area contributed by atoms with Crippen molar-refractivity contribution >= 4 is 11.0 Å². The third kappa shape index (κ3) is 2.36. The summed E-state index contributed by atoms with van der Waals surface area (Å²) in [5, 5.41) is 15.1. The molecular weight excluding hydrogens is 302 g/mol. The largest absolute Gasteiger partial charge is 0.507 e. The van der Waals surface area contributed by atoms with Gasteiger partial charge < -0.3 is 5.11 Å². The molecule has 0 aliphatic heterocycles. The maximum Gasteiger partial charge on any atom is 0.256 e. The number of benzene rings is 2. The summed E-state index contributed by atoms with van der Waals surface area (Å²) in [5.41, 5.74) is 2.16. The zero-order valence-corrected chi connectivity index (χ0v) is 12.8. The first-order valence-corrected chi connectivity index (χ1v) is 7.64. The van der Waals surface area contributed by atoms with Crippen LogP contribution in [0.25, 0.3) is 16.7 Å². The van der Waals surface area contributed by atoms with Crippen molar-refractivity contribution < 1.29 is 5.11 Å². The molecule has 0 aliphatic carbocycles. The molecule has 4 aromatic rings. The molecule has 0 amide bonds. The summed E-state index contributed by atoms with van der Waals surface area (Å²) in [4.78, 5) is 12.5. The molecule has 5 nitrogen and oxygen atoms in total. The fourth-order valence-corrected chi connectivity index (χ4v) is 2.84. The predicted octanol–water partition coefficient (Wildman–Crippen LogP) is 2.94. The van der Waals surface area contributed by atoms with Gasteiger partial charge in [0, 0.05) is 6.07 Å². The van der Waals surface area contributed by atoms with E-state index in [1.165, 1.54) is 6.07 Å². The van der Waals surface area contributed by atoms with E-state index in [0.29, 0.717) is 17.6 Å². The molecule has 0 radical (unpaired) electrons. The van der Waals surface area contributed by atoms with Crippen LogP contribution in [0.2, 0.25) is 0 Å². The van der Waals surface area contributed by atoms with E-state index in [1.54, 1.807) is 15.4 Å². The van der Waals surface area contributed by atoms with Gasteiger partial charge in [0.2, 0.25) is 0 Å². The summed E-state index contributed by atoms with van der Waals surface area (Å²) >= 11 is 0. The van der Waals surface area contributed by atoms with Gasteiger partial charge in [-0.1, -0.05) is 48.5 Å². The Morgan fingerprint density at radius 1 is 0.958 bits per heavy atom. The van der Waals surface area contributed by atoms with Crippen molar-refractivity contribution in [3.05, 3.63) is 88.8 Å². The van der Waals surface area contributed by atoms with Gasteiger partial charge in [0.05, 0.1) is 23.8 Å². The molecular formula is C19H15N3O2. The molecule has 0 unspecified atom stereocenters. The van der Waals surface area contributed by atoms with Crippen LogP contribution in [0.1, 0.15) is 5.56 Å². The zero-order valence-electron chi connectivity index (χ0n) is 12.8.